The molecule has 25 heavy (non-hydrogen) atoms. The number of hydrogen-bond donors (Lipinski definition) is 2. The Bertz CT molecular complexity index is 763. The van der Waals surface area contributed by atoms with Crippen LogP contribution in [0.15, 0.2) is 42.6 Å². The number of methoxy groups -OCH3 is 1. The fourth-order valence-electron chi connectivity index (χ4n) is 2.21. The lowest BCUT2D eigenvalue weighted by Crippen LogP contribution is -2.44. The Labute approximate surface area is 144 Å². The summed E-state index contributed by atoms with van der Waals surface area (Å²) in [6.45, 7) is 0.447. The van der Waals surface area contributed by atoms with E-state index in [-0.39, 0.29) is 12.6 Å². The molecule has 1 aliphatic heterocycles. The smallest absolute Gasteiger partial charge is 0.313 e. The van der Waals surface area contributed by atoms with Crippen molar-refractivity contribution in [3.63, 3.8) is 0 Å². The van der Waals surface area contributed by atoms with Crippen LogP contribution in [0.4, 0.5) is 5.69 Å². The maximum absolute atomic E-state index is 11.9. The van der Waals surface area contributed by atoms with Gasteiger partial charge in [0.25, 0.3) is 0 Å². The standard InChI is InChI=1S/C17H17N3O5/c1-23-15-7-6-11(8-18-15)20-17(22)16(21)19-9-12-10-24-13-4-2-3-5-14(13)25-12/h2-8,12H,9-10H2,1H3,(H,19,21)(H,20,22)/t12-/m1/s1. The third-order valence-corrected chi connectivity index (χ3v) is 3.47. The van der Waals surface area contributed by atoms with E-state index in [1.54, 1.807) is 24.3 Å². The van der Waals surface area contributed by atoms with Crippen molar-refractivity contribution < 1.29 is 23.8 Å². The van der Waals surface area contributed by atoms with E-state index in [1.165, 1.54) is 13.3 Å². The number of ether oxygens (including phenoxy) is 3. The predicted molar refractivity (Wildman–Crippen MR) is 88.8 cm³/mol. The minimum absolute atomic E-state index is 0.154. The van der Waals surface area contributed by atoms with Crippen LogP contribution in [0.25, 0.3) is 0 Å². The maximum atomic E-state index is 11.9. The van der Waals surface area contributed by atoms with Crippen molar-refractivity contribution in [1.82, 2.24) is 10.3 Å². The van der Waals surface area contributed by atoms with Crippen LogP contribution < -0.4 is 24.8 Å². The summed E-state index contributed by atoms with van der Waals surface area (Å²) in [7, 11) is 1.49. The zero-order chi connectivity index (χ0) is 17.6. The molecule has 0 fully saturated rings. The van der Waals surface area contributed by atoms with E-state index in [0.29, 0.717) is 29.7 Å². The summed E-state index contributed by atoms with van der Waals surface area (Å²) in [5.74, 6) is 0.135. The third kappa shape index (κ3) is 4.17. The van der Waals surface area contributed by atoms with Crippen LogP contribution in [-0.2, 0) is 9.59 Å². The summed E-state index contributed by atoms with van der Waals surface area (Å²) in [4.78, 5) is 27.7. The Morgan fingerprint density at radius 2 is 2.00 bits per heavy atom. The van der Waals surface area contributed by atoms with E-state index in [0.717, 1.165) is 0 Å². The van der Waals surface area contributed by atoms with E-state index in [1.807, 2.05) is 12.1 Å². The fraction of sp³-hybridized carbons (Fsp3) is 0.235. The summed E-state index contributed by atoms with van der Waals surface area (Å²) in [6, 6.07) is 10.4. The first-order valence-electron chi connectivity index (χ1n) is 7.63. The minimum atomic E-state index is -0.788. The van der Waals surface area contributed by atoms with Gasteiger partial charge in [-0.25, -0.2) is 4.98 Å². The number of pyridine rings is 1. The molecule has 1 aromatic carbocycles. The van der Waals surface area contributed by atoms with Gasteiger partial charge >= 0.3 is 11.8 Å². The highest BCUT2D eigenvalue weighted by Gasteiger charge is 2.22. The number of carbonyl (C=O) groups excluding carboxylic acids is 2. The Balaban J connectivity index is 1.48. The van der Waals surface area contributed by atoms with Crippen molar-refractivity contribution in [2.24, 2.45) is 0 Å². The first-order chi connectivity index (χ1) is 12.2. The number of benzene rings is 1. The average Bonchev–Trinajstić information content (AvgIpc) is 2.66. The number of nitrogens with zero attached hydrogens (tertiary/aromatic N) is 1. The van der Waals surface area contributed by atoms with Gasteiger partial charge in [-0.3, -0.25) is 9.59 Å². The lowest BCUT2D eigenvalue weighted by Gasteiger charge is -2.26. The SMILES string of the molecule is COc1ccc(NC(=O)C(=O)NC[C@@H]2COc3ccccc3O2)cn1. The average molecular weight is 343 g/mol. The lowest BCUT2D eigenvalue weighted by atomic mass is 10.2. The number of carbonyl (C=O) groups is 2. The molecule has 8 heteroatoms. The van der Waals surface area contributed by atoms with Gasteiger partial charge in [0.2, 0.25) is 5.88 Å². The molecule has 0 spiro atoms. The minimum Gasteiger partial charge on any atom is -0.486 e. The number of aromatic nitrogens is 1. The Hall–Kier alpha value is -3.29. The van der Waals surface area contributed by atoms with Crippen LogP contribution >= 0.6 is 0 Å². The van der Waals surface area contributed by atoms with Crippen molar-refractivity contribution in [3.05, 3.63) is 42.6 Å². The van der Waals surface area contributed by atoms with Gasteiger partial charge in [-0.05, 0) is 18.2 Å². The molecule has 3 rings (SSSR count). The monoisotopic (exact) mass is 343 g/mol. The number of fused-ring (bicyclic) bond motifs is 1. The lowest BCUT2D eigenvalue weighted by molar-refractivity contribution is -0.136. The van der Waals surface area contributed by atoms with Crippen molar-refractivity contribution in [3.8, 4) is 17.4 Å². The molecule has 1 aliphatic rings. The molecule has 0 saturated carbocycles. The molecule has 0 unspecified atom stereocenters. The molecule has 0 radical (unpaired) electrons. The largest absolute Gasteiger partial charge is 0.486 e. The van der Waals surface area contributed by atoms with Crippen LogP contribution in [0.3, 0.4) is 0 Å². The van der Waals surface area contributed by atoms with E-state index in [2.05, 4.69) is 15.6 Å². The number of anilines is 1. The molecule has 2 N–H and O–H groups in total. The molecule has 0 aliphatic carbocycles. The molecule has 0 bridgehead atoms. The van der Waals surface area contributed by atoms with Gasteiger partial charge in [-0.1, -0.05) is 12.1 Å². The van der Waals surface area contributed by atoms with Crippen molar-refractivity contribution >= 4 is 17.5 Å². The van der Waals surface area contributed by atoms with Crippen molar-refractivity contribution in [2.45, 2.75) is 6.10 Å². The van der Waals surface area contributed by atoms with Gasteiger partial charge in [0.05, 0.1) is 25.5 Å². The summed E-state index contributed by atoms with van der Waals surface area (Å²) in [6.07, 6.45) is 1.04. The van der Waals surface area contributed by atoms with Crippen LogP contribution in [-0.4, -0.2) is 43.2 Å². The molecule has 0 saturated heterocycles. The summed E-state index contributed by atoms with van der Waals surface area (Å²) in [5, 5.41) is 4.98. The second-order valence-electron chi connectivity index (χ2n) is 5.25. The number of rotatable bonds is 4. The fourth-order valence-corrected chi connectivity index (χ4v) is 2.21. The number of nitrogens with one attached hydrogen (secondary N) is 2. The summed E-state index contributed by atoms with van der Waals surface area (Å²) < 4.78 is 16.2. The topological polar surface area (TPSA) is 98.8 Å². The highest BCUT2D eigenvalue weighted by Crippen LogP contribution is 2.30. The van der Waals surface area contributed by atoms with Gasteiger partial charge in [-0.2, -0.15) is 0 Å². The first kappa shape index (κ1) is 16.6. The molecular weight excluding hydrogens is 326 g/mol. The quantitative estimate of drug-likeness (QED) is 0.803. The molecule has 1 aromatic heterocycles. The van der Waals surface area contributed by atoms with Crippen molar-refractivity contribution in [2.75, 3.05) is 25.6 Å². The number of amides is 2. The first-order valence-corrected chi connectivity index (χ1v) is 7.63. The normalized spacial score (nSPS) is 15.2. The zero-order valence-electron chi connectivity index (χ0n) is 13.5. The molecule has 130 valence electrons. The van der Waals surface area contributed by atoms with E-state index >= 15 is 0 Å². The highest BCUT2D eigenvalue weighted by molar-refractivity contribution is 6.39. The van der Waals surface area contributed by atoms with Crippen LogP contribution in [0.1, 0.15) is 0 Å². The summed E-state index contributed by atoms with van der Waals surface area (Å²) >= 11 is 0. The Morgan fingerprint density at radius 3 is 2.72 bits per heavy atom. The Morgan fingerprint density at radius 1 is 1.20 bits per heavy atom. The van der Waals surface area contributed by atoms with Gasteiger partial charge in [0.1, 0.15) is 12.7 Å². The van der Waals surface area contributed by atoms with Gasteiger partial charge in [0, 0.05) is 6.07 Å². The molecular formula is C17H17N3O5. The number of para-hydroxylation sites is 2. The van der Waals surface area contributed by atoms with Crippen LogP contribution in [0.2, 0.25) is 0 Å². The van der Waals surface area contributed by atoms with E-state index < -0.39 is 11.8 Å². The van der Waals surface area contributed by atoms with Crippen LogP contribution in [0, 0.1) is 0 Å². The second kappa shape index (κ2) is 7.52. The molecule has 1 atom stereocenters. The van der Waals surface area contributed by atoms with Crippen molar-refractivity contribution in [1.29, 1.82) is 0 Å². The van der Waals surface area contributed by atoms with Gasteiger partial charge < -0.3 is 24.8 Å². The second-order valence-corrected chi connectivity index (χ2v) is 5.25. The Kier molecular flexibility index (Phi) is 4.98. The zero-order valence-corrected chi connectivity index (χ0v) is 13.5. The molecule has 2 aromatic rings. The van der Waals surface area contributed by atoms with E-state index in [4.69, 9.17) is 14.2 Å². The highest BCUT2D eigenvalue weighted by atomic mass is 16.6. The maximum Gasteiger partial charge on any atom is 0.313 e. The molecule has 2 heterocycles. The molecule has 8 nitrogen and oxygen atoms in total. The summed E-state index contributed by atoms with van der Waals surface area (Å²) in [5.41, 5.74) is 0.395. The van der Waals surface area contributed by atoms with Gasteiger partial charge in [-0.15, -0.1) is 0 Å². The number of hydrogen-bond acceptors (Lipinski definition) is 6. The molecule has 2 amide bonds. The van der Waals surface area contributed by atoms with Crippen LogP contribution in [0.5, 0.6) is 17.4 Å². The predicted octanol–water partition coefficient (Wildman–Crippen LogP) is 0.985. The van der Waals surface area contributed by atoms with E-state index in [9.17, 15) is 9.59 Å². The third-order valence-electron chi connectivity index (χ3n) is 3.47. The van der Waals surface area contributed by atoms with Gasteiger partial charge in [0.15, 0.2) is 11.5 Å².